The Labute approximate surface area is 195 Å². The highest BCUT2D eigenvalue weighted by molar-refractivity contribution is 7.99. The predicted molar refractivity (Wildman–Crippen MR) is 126 cm³/mol. The average molecular weight is 465 g/mol. The minimum Gasteiger partial charge on any atom is -0.469 e. The van der Waals surface area contributed by atoms with E-state index in [0.29, 0.717) is 33.8 Å². The number of methoxy groups -OCH3 is 1. The van der Waals surface area contributed by atoms with Gasteiger partial charge in [0.25, 0.3) is 5.91 Å². The number of fused-ring (bicyclic) bond motifs is 1. The molecule has 3 heterocycles. The number of thioether (sulfide) groups is 1. The summed E-state index contributed by atoms with van der Waals surface area (Å²) in [6.07, 6.45) is 3.61. The van der Waals surface area contributed by atoms with Gasteiger partial charge in [-0.3, -0.25) is 14.6 Å². The van der Waals surface area contributed by atoms with Crippen LogP contribution in [0.15, 0.2) is 65.2 Å². The number of hydrogen-bond acceptors (Lipinski definition) is 8. The number of carbonyl (C=O) groups excluding carboxylic acids is 2. The van der Waals surface area contributed by atoms with Crippen molar-refractivity contribution in [3.8, 4) is 0 Å². The largest absolute Gasteiger partial charge is 0.469 e. The normalized spacial score (nSPS) is 14.9. The number of nitrogens with one attached hydrogen (secondary N) is 2. The molecule has 4 rings (SSSR count). The van der Waals surface area contributed by atoms with Crippen molar-refractivity contribution in [2.45, 2.75) is 31.5 Å². The van der Waals surface area contributed by atoms with Crippen LogP contribution in [0.3, 0.4) is 0 Å². The summed E-state index contributed by atoms with van der Waals surface area (Å²) in [7, 11) is 1.36. The standard InChI is InChI=1S/C23H24N6O3S/c1-14-11-17(13-24-12-14)26-21(31)19-15(2)25-22-27-23(33-10-9-18(30)32-3)28-29(22)20(19)16-7-5-4-6-8-16/h4-8,11-13,20H,9-10H2,1-3H3,(H,26,31)(H,25,27,28). The highest BCUT2D eigenvalue weighted by Crippen LogP contribution is 2.36. The Bertz CT molecular complexity index is 1210. The number of rotatable bonds is 7. The number of nitrogens with zero attached hydrogens (tertiary/aromatic N) is 4. The third kappa shape index (κ3) is 5.06. The predicted octanol–water partition coefficient (Wildman–Crippen LogP) is 3.56. The van der Waals surface area contributed by atoms with Crippen molar-refractivity contribution in [3.05, 3.63) is 71.2 Å². The van der Waals surface area contributed by atoms with E-state index >= 15 is 0 Å². The number of aryl methyl sites for hydroxylation is 1. The zero-order valence-corrected chi connectivity index (χ0v) is 19.3. The first-order valence-electron chi connectivity index (χ1n) is 10.4. The molecule has 1 atom stereocenters. The molecule has 0 spiro atoms. The highest BCUT2D eigenvalue weighted by atomic mass is 32.2. The van der Waals surface area contributed by atoms with E-state index in [0.717, 1.165) is 11.1 Å². The maximum Gasteiger partial charge on any atom is 0.306 e. The minimum absolute atomic E-state index is 0.248. The van der Waals surface area contributed by atoms with Crippen LogP contribution >= 0.6 is 11.8 Å². The molecule has 170 valence electrons. The molecule has 0 fully saturated rings. The number of esters is 1. The number of anilines is 2. The van der Waals surface area contributed by atoms with E-state index in [-0.39, 0.29) is 18.3 Å². The summed E-state index contributed by atoms with van der Waals surface area (Å²) in [6.45, 7) is 3.77. The number of pyridine rings is 1. The van der Waals surface area contributed by atoms with Gasteiger partial charge in [0.05, 0.1) is 31.0 Å². The fourth-order valence-corrected chi connectivity index (χ4v) is 4.33. The molecule has 0 saturated carbocycles. The quantitative estimate of drug-likeness (QED) is 0.403. The van der Waals surface area contributed by atoms with Crippen LogP contribution in [0.5, 0.6) is 0 Å². The molecule has 1 aliphatic rings. The summed E-state index contributed by atoms with van der Waals surface area (Å²) in [4.78, 5) is 33.6. The van der Waals surface area contributed by atoms with E-state index in [9.17, 15) is 9.59 Å². The van der Waals surface area contributed by atoms with Gasteiger partial charge in [0.15, 0.2) is 0 Å². The molecule has 1 aliphatic heterocycles. The van der Waals surface area contributed by atoms with Gasteiger partial charge in [0.1, 0.15) is 6.04 Å². The van der Waals surface area contributed by atoms with Crippen molar-refractivity contribution >= 4 is 35.3 Å². The van der Waals surface area contributed by atoms with E-state index in [1.54, 1.807) is 17.1 Å². The van der Waals surface area contributed by atoms with Crippen molar-refractivity contribution in [2.75, 3.05) is 23.5 Å². The van der Waals surface area contributed by atoms with Crippen LogP contribution in [0.2, 0.25) is 0 Å². The van der Waals surface area contributed by atoms with E-state index in [2.05, 4.69) is 30.4 Å². The van der Waals surface area contributed by atoms with Gasteiger partial charge in [-0.25, -0.2) is 4.68 Å². The van der Waals surface area contributed by atoms with Gasteiger partial charge in [-0.2, -0.15) is 4.98 Å². The molecular weight excluding hydrogens is 440 g/mol. The topological polar surface area (TPSA) is 111 Å². The molecule has 0 aliphatic carbocycles. The Morgan fingerprint density at radius 2 is 2.00 bits per heavy atom. The first-order valence-corrected chi connectivity index (χ1v) is 11.4. The van der Waals surface area contributed by atoms with E-state index in [4.69, 9.17) is 0 Å². The Morgan fingerprint density at radius 3 is 2.73 bits per heavy atom. The summed E-state index contributed by atoms with van der Waals surface area (Å²) in [5.74, 6) is 0.499. The van der Waals surface area contributed by atoms with Gasteiger partial charge in [-0.1, -0.05) is 42.1 Å². The number of aromatic nitrogens is 4. The SMILES string of the molecule is COC(=O)CCSc1nc2n(n1)C(c1ccccc1)C(C(=O)Nc1cncc(C)c1)=C(C)N2. The summed E-state index contributed by atoms with van der Waals surface area (Å²) in [6, 6.07) is 11.1. The van der Waals surface area contributed by atoms with E-state index in [1.807, 2.05) is 50.2 Å². The number of hydrogen-bond donors (Lipinski definition) is 2. The van der Waals surface area contributed by atoms with Crippen molar-refractivity contribution in [1.82, 2.24) is 19.7 Å². The van der Waals surface area contributed by atoms with Crippen LogP contribution in [-0.2, 0) is 14.3 Å². The van der Waals surface area contributed by atoms with Crippen LogP contribution in [0.1, 0.15) is 30.5 Å². The molecule has 1 unspecified atom stereocenters. The van der Waals surface area contributed by atoms with Gasteiger partial charge in [-0.15, -0.1) is 5.10 Å². The molecule has 10 heteroatoms. The van der Waals surface area contributed by atoms with Crippen LogP contribution in [0, 0.1) is 6.92 Å². The second-order valence-electron chi connectivity index (χ2n) is 7.52. The minimum atomic E-state index is -0.470. The number of amides is 1. The number of allylic oxidation sites excluding steroid dienone is 1. The maximum atomic E-state index is 13.4. The fourth-order valence-electron chi connectivity index (χ4n) is 3.58. The Kier molecular flexibility index (Phi) is 6.74. The Morgan fingerprint density at radius 1 is 1.21 bits per heavy atom. The highest BCUT2D eigenvalue weighted by Gasteiger charge is 2.34. The van der Waals surface area contributed by atoms with Gasteiger partial charge < -0.3 is 15.4 Å². The Hall–Kier alpha value is -3.66. The number of ether oxygens (including phenoxy) is 1. The molecule has 0 saturated heterocycles. The molecular formula is C23H24N6O3S. The van der Waals surface area contributed by atoms with Gasteiger partial charge in [0, 0.05) is 17.6 Å². The molecule has 1 amide bonds. The third-order valence-electron chi connectivity index (χ3n) is 5.09. The second-order valence-corrected chi connectivity index (χ2v) is 8.58. The first-order chi connectivity index (χ1) is 16.0. The summed E-state index contributed by atoms with van der Waals surface area (Å²) >= 11 is 1.36. The van der Waals surface area contributed by atoms with Crippen molar-refractivity contribution in [3.63, 3.8) is 0 Å². The zero-order valence-electron chi connectivity index (χ0n) is 18.5. The number of carbonyl (C=O) groups is 2. The van der Waals surface area contributed by atoms with Crippen LogP contribution in [0.25, 0.3) is 0 Å². The van der Waals surface area contributed by atoms with E-state index < -0.39 is 6.04 Å². The van der Waals surface area contributed by atoms with Gasteiger partial charge >= 0.3 is 5.97 Å². The fraction of sp³-hybridized carbons (Fsp3) is 0.261. The van der Waals surface area contributed by atoms with Gasteiger partial charge in [0.2, 0.25) is 11.1 Å². The molecule has 9 nitrogen and oxygen atoms in total. The monoisotopic (exact) mass is 464 g/mol. The maximum absolute atomic E-state index is 13.4. The molecule has 1 aromatic carbocycles. The van der Waals surface area contributed by atoms with Gasteiger partial charge in [-0.05, 0) is 31.0 Å². The number of benzene rings is 1. The van der Waals surface area contributed by atoms with Crippen molar-refractivity contribution in [1.29, 1.82) is 0 Å². The van der Waals surface area contributed by atoms with Crippen LogP contribution in [-0.4, -0.2) is 44.5 Å². The zero-order chi connectivity index (χ0) is 23.4. The molecule has 0 radical (unpaired) electrons. The second kappa shape index (κ2) is 9.86. The first kappa shape index (κ1) is 22.5. The van der Waals surface area contributed by atoms with E-state index in [1.165, 1.54) is 18.9 Å². The molecule has 0 bridgehead atoms. The molecule has 2 aromatic heterocycles. The third-order valence-corrected chi connectivity index (χ3v) is 5.93. The summed E-state index contributed by atoms with van der Waals surface area (Å²) < 4.78 is 6.40. The lowest BCUT2D eigenvalue weighted by Gasteiger charge is -2.28. The average Bonchev–Trinajstić information content (AvgIpc) is 3.20. The van der Waals surface area contributed by atoms with Crippen molar-refractivity contribution < 1.29 is 14.3 Å². The lowest BCUT2D eigenvalue weighted by Crippen LogP contribution is -2.31. The summed E-state index contributed by atoms with van der Waals surface area (Å²) in [5, 5.41) is 11.3. The van der Waals surface area contributed by atoms with Crippen LogP contribution < -0.4 is 10.6 Å². The molecule has 3 aromatic rings. The molecule has 2 N–H and O–H groups in total. The summed E-state index contributed by atoms with van der Waals surface area (Å²) in [5.41, 5.74) is 3.70. The Balaban J connectivity index is 1.66. The van der Waals surface area contributed by atoms with Crippen molar-refractivity contribution in [2.24, 2.45) is 0 Å². The molecule has 33 heavy (non-hydrogen) atoms. The lowest BCUT2D eigenvalue weighted by atomic mass is 9.95. The smallest absolute Gasteiger partial charge is 0.306 e. The van der Waals surface area contributed by atoms with Crippen LogP contribution in [0.4, 0.5) is 11.6 Å². The lowest BCUT2D eigenvalue weighted by molar-refractivity contribution is -0.140.